The van der Waals surface area contributed by atoms with Gasteiger partial charge < -0.3 is 9.64 Å². The van der Waals surface area contributed by atoms with E-state index in [9.17, 15) is 9.59 Å². The van der Waals surface area contributed by atoms with Crippen LogP contribution < -0.4 is 0 Å². The van der Waals surface area contributed by atoms with Gasteiger partial charge in [-0.15, -0.1) is 0 Å². The van der Waals surface area contributed by atoms with Crippen LogP contribution in [0.4, 0.5) is 0 Å². The van der Waals surface area contributed by atoms with Gasteiger partial charge in [0.25, 0.3) is 0 Å². The third-order valence-electron chi connectivity index (χ3n) is 3.47. The summed E-state index contributed by atoms with van der Waals surface area (Å²) in [7, 11) is 0. The number of ether oxygens (including phenoxy) is 1. The van der Waals surface area contributed by atoms with E-state index in [1.165, 1.54) is 0 Å². The van der Waals surface area contributed by atoms with Crippen LogP contribution >= 0.6 is 0 Å². The highest BCUT2D eigenvalue weighted by Crippen LogP contribution is 2.26. The molecule has 0 fully saturated rings. The maximum absolute atomic E-state index is 12.1. The van der Waals surface area contributed by atoms with Crippen LogP contribution in [-0.4, -0.2) is 35.5 Å². The Hall–Kier alpha value is -1.06. The second-order valence-electron chi connectivity index (χ2n) is 6.62. The van der Waals surface area contributed by atoms with E-state index >= 15 is 0 Å². The van der Waals surface area contributed by atoms with Gasteiger partial charge in [0, 0.05) is 12.1 Å². The molecule has 4 heteroatoms. The zero-order valence-corrected chi connectivity index (χ0v) is 13.5. The molecule has 0 saturated heterocycles. The molecule has 0 heterocycles. The van der Waals surface area contributed by atoms with Gasteiger partial charge in [0.15, 0.2) is 0 Å². The Kier molecular flexibility index (Phi) is 6.53. The average Bonchev–Trinajstić information content (AvgIpc) is 2.27. The third-order valence-corrected chi connectivity index (χ3v) is 3.47. The van der Waals surface area contributed by atoms with Crippen LogP contribution in [0.5, 0.6) is 0 Å². The number of rotatable bonds is 5. The third kappa shape index (κ3) is 6.08. The summed E-state index contributed by atoms with van der Waals surface area (Å²) < 4.78 is 4.81. The van der Waals surface area contributed by atoms with Crippen LogP contribution in [0.15, 0.2) is 0 Å². The van der Waals surface area contributed by atoms with Gasteiger partial charge in [0.2, 0.25) is 0 Å². The maximum Gasteiger partial charge on any atom is 0.397 e. The Balaban J connectivity index is 4.85. The molecular formula is C15H29NO3. The van der Waals surface area contributed by atoms with E-state index in [0.717, 1.165) is 12.8 Å². The van der Waals surface area contributed by atoms with Gasteiger partial charge in [-0.25, -0.2) is 4.79 Å². The summed E-state index contributed by atoms with van der Waals surface area (Å²) in [5.74, 6) is -1.30. The number of carbonyl (C=O) groups is 2. The van der Waals surface area contributed by atoms with Gasteiger partial charge in [-0.3, -0.25) is 4.79 Å². The SMILES string of the molecule is CCOC(=O)C(=O)N(CCC(C)(C)CC)C(C)(C)C. The van der Waals surface area contributed by atoms with Crippen molar-refractivity contribution in [3.63, 3.8) is 0 Å². The van der Waals surface area contributed by atoms with Gasteiger partial charge in [-0.05, 0) is 39.5 Å². The molecule has 0 unspecified atom stereocenters. The van der Waals surface area contributed by atoms with E-state index in [4.69, 9.17) is 4.74 Å². The molecule has 4 nitrogen and oxygen atoms in total. The smallest absolute Gasteiger partial charge is 0.397 e. The number of hydrogen-bond donors (Lipinski definition) is 0. The highest BCUT2D eigenvalue weighted by atomic mass is 16.5. The average molecular weight is 271 g/mol. The highest BCUT2D eigenvalue weighted by molar-refractivity contribution is 6.32. The summed E-state index contributed by atoms with van der Waals surface area (Å²) in [4.78, 5) is 25.4. The Morgan fingerprint density at radius 1 is 1.05 bits per heavy atom. The lowest BCUT2D eigenvalue weighted by molar-refractivity contribution is -0.162. The van der Waals surface area contributed by atoms with Gasteiger partial charge in [0.05, 0.1) is 6.61 Å². The van der Waals surface area contributed by atoms with Gasteiger partial charge in [-0.2, -0.15) is 0 Å². The number of amides is 1. The fourth-order valence-electron chi connectivity index (χ4n) is 1.64. The minimum absolute atomic E-state index is 0.165. The zero-order chi connectivity index (χ0) is 15.3. The molecule has 0 radical (unpaired) electrons. The molecule has 0 aromatic carbocycles. The molecule has 0 bridgehead atoms. The molecule has 0 rings (SSSR count). The molecule has 0 aliphatic carbocycles. The molecule has 0 aromatic heterocycles. The van der Waals surface area contributed by atoms with E-state index in [-0.39, 0.29) is 17.6 Å². The number of esters is 1. The number of nitrogens with zero attached hydrogens (tertiary/aromatic N) is 1. The lowest BCUT2D eigenvalue weighted by atomic mass is 9.86. The van der Waals surface area contributed by atoms with Crippen molar-refractivity contribution in [1.82, 2.24) is 4.90 Å². The normalized spacial score (nSPS) is 12.2. The Morgan fingerprint density at radius 3 is 1.95 bits per heavy atom. The van der Waals surface area contributed by atoms with E-state index in [1.54, 1.807) is 11.8 Å². The van der Waals surface area contributed by atoms with E-state index < -0.39 is 11.9 Å². The molecule has 19 heavy (non-hydrogen) atoms. The summed E-state index contributed by atoms with van der Waals surface area (Å²) >= 11 is 0. The molecule has 0 N–H and O–H groups in total. The first kappa shape index (κ1) is 17.9. The van der Waals surface area contributed by atoms with Crippen LogP contribution in [0, 0.1) is 5.41 Å². The first-order chi connectivity index (χ1) is 8.55. The lowest BCUT2D eigenvalue weighted by Gasteiger charge is -2.37. The monoisotopic (exact) mass is 271 g/mol. The summed E-state index contributed by atoms with van der Waals surface area (Å²) in [5.41, 5.74) is -0.216. The van der Waals surface area contributed by atoms with Crippen LogP contribution in [0.25, 0.3) is 0 Å². The van der Waals surface area contributed by atoms with Crippen LogP contribution in [0.1, 0.15) is 61.3 Å². The van der Waals surface area contributed by atoms with Crippen molar-refractivity contribution < 1.29 is 14.3 Å². The van der Waals surface area contributed by atoms with Crippen LogP contribution in [0.3, 0.4) is 0 Å². The first-order valence-electron chi connectivity index (χ1n) is 7.04. The van der Waals surface area contributed by atoms with Crippen LogP contribution in [0.2, 0.25) is 0 Å². The van der Waals surface area contributed by atoms with Crippen molar-refractivity contribution in [3.05, 3.63) is 0 Å². The van der Waals surface area contributed by atoms with Gasteiger partial charge >= 0.3 is 11.9 Å². The fraction of sp³-hybridized carbons (Fsp3) is 0.867. The summed E-state index contributed by atoms with van der Waals surface area (Å²) in [6.07, 6.45) is 1.91. The standard InChI is InChI=1S/C15H29NO3/c1-8-15(6,7)10-11-16(14(3,4)5)12(17)13(18)19-9-2/h8-11H2,1-7H3. The minimum Gasteiger partial charge on any atom is -0.459 e. The van der Waals surface area contributed by atoms with Gasteiger partial charge in [-0.1, -0.05) is 27.2 Å². The number of hydrogen-bond acceptors (Lipinski definition) is 3. The molecule has 1 amide bonds. The molecule has 0 atom stereocenters. The molecule has 0 spiro atoms. The lowest BCUT2D eigenvalue weighted by Crippen LogP contribution is -2.50. The predicted molar refractivity (Wildman–Crippen MR) is 76.8 cm³/mol. The topological polar surface area (TPSA) is 46.6 Å². The summed E-state index contributed by atoms with van der Waals surface area (Å²) in [6, 6.07) is 0. The van der Waals surface area contributed by atoms with Crippen molar-refractivity contribution in [2.75, 3.05) is 13.2 Å². The molecule has 0 aliphatic heterocycles. The fourth-order valence-corrected chi connectivity index (χ4v) is 1.64. The molecule has 0 aliphatic rings. The summed E-state index contributed by atoms with van der Waals surface area (Å²) in [5, 5.41) is 0. The molecule has 0 aromatic rings. The Bertz CT molecular complexity index is 316. The van der Waals surface area contributed by atoms with Crippen molar-refractivity contribution in [2.24, 2.45) is 5.41 Å². The van der Waals surface area contributed by atoms with E-state index in [0.29, 0.717) is 6.54 Å². The largest absolute Gasteiger partial charge is 0.459 e. The van der Waals surface area contributed by atoms with Crippen molar-refractivity contribution in [1.29, 1.82) is 0 Å². The molecule has 0 saturated carbocycles. The predicted octanol–water partition coefficient (Wildman–Crippen LogP) is 3.00. The Labute approximate surface area is 117 Å². The molecule has 112 valence electrons. The second-order valence-corrected chi connectivity index (χ2v) is 6.62. The Morgan fingerprint density at radius 2 is 1.58 bits per heavy atom. The van der Waals surface area contributed by atoms with Crippen molar-refractivity contribution in [3.8, 4) is 0 Å². The first-order valence-corrected chi connectivity index (χ1v) is 7.04. The quantitative estimate of drug-likeness (QED) is 0.570. The second kappa shape index (κ2) is 6.92. The van der Waals surface area contributed by atoms with Gasteiger partial charge in [0.1, 0.15) is 0 Å². The maximum atomic E-state index is 12.1. The van der Waals surface area contributed by atoms with E-state index in [2.05, 4.69) is 20.8 Å². The molecular weight excluding hydrogens is 242 g/mol. The van der Waals surface area contributed by atoms with Crippen LogP contribution in [-0.2, 0) is 14.3 Å². The van der Waals surface area contributed by atoms with Crippen molar-refractivity contribution in [2.45, 2.75) is 66.8 Å². The highest BCUT2D eigenvalue weighted by Gasteiger charge is 2.32. The summed E-state index contributed by atoms with van der Waals surface area (Å²) in [6.45, 7) is 14.8. The van der Waals surface area contributed by atoms with E-state index in [1.807, 2.05) is 20.8 Å². The van der Waals surface area contributed by atoms with Crippen molar-refractivity contribution >= 4 is 11.9 Å². The number of carbonyl (C=O) groups excluding carboxylic acids is 2. The minimum atomic E-state index is -0.758. The zero-order valence-electron chi connectivity index (χ0n) is 13.5.